The van der Waals surface area contributed by atoms with Gasteiger partial charge in [-0.05, 0) is 18.6 Å². The fourth-order valence-corrected chi connectivity index (χ4v) is 1.49. The lowest BCUT2D eigenvalue weighted by atomic mass is 10.3. The molecular weight excluding hydrogens is 176 g/mol. The van der Waals surface area contributed by atoms with Crippen LogP contribution in [-0.2, 0) is 0 Å². The Bertz CT molecular complexity index is 459. The topological polar surface area (TPSA) is 34.9 Å². The van der Waals surface area contributed by atoms with E-state index in [4.69, 9.17) is 0 Å². The van der Waals surface area contributed by atoms with Crippen molar-refractivity contribution in [2.75, 3.05) is 0 Å². The number of carbonyl (C=O) groups excluding carboxylic acids is 1. The number of carbonyl (C=O) groups is 1. The molecule has 2 aromatic rings. The van der Waals surface area contributed by atoms with Gasteiger partial charge >= 0.3 is 0 Å². The molecule has 3 heteroatoms. The van der Waals surface area contributed by atoms with E-state index in [1.807, 2.05) is 31.2 Å². The maximum atomic E-state index is 11.6. The summed E-state index contributed by atoms with van der Waals surface area (Å²) in [5.74, 6) is 0.112. The molecule has 0 fully saturated rings. The third kappa shape index (κ3) is 1.41. The maximum absolute atomic E-state index is 11.6. The molecule has 0 aliphatic rings. The molecule has 1 heterocycles. The van der Waals surface area contributed by atoms with Gasteiger partial charge in [0, 0.05) is 6.42 Å². The first-order valence-electron chi connectivity index (χ1n) is 4.78. The van der Waals surface area contributed by atoms with Gasteiger partial charge in [0.05, 0.1) is 11.0 Å². The third-order valence-electron chi connectivity index (χ3n) is 2.19. The number of aromatic nitrogens is 2. The van der Waals surface area contributed by atoms with Crippen molar-refractivity contribution in [3.63, 3.8) is 0 Å². The summed E-state index contributed by atoms with van der Waals surface area (Å²) in [5.41, 5.74) is 1.77. The standard InChI is InChI=1S/C11H12N2O/c1-2-5-11(14)13-8-12-9-6-3-4-7-10(9)13/h3-4,6-8H,2,5H2,1H3. The quantitative estimate of drug-likeness (QED) is 0.725. The van der Waals surface area contributed by atoms with Gasteiger partial charge in [-0.1, -0.05) is 19.1 Å². The maximum Gasteiger partial charge on any atom is 0.232 e. The number of hydrogen-bond acceptors (Lipinski definition) is 2. The second-order valence-corrected chi connectivity index (χ2v) is 3.25. The van der Waals surface area contributed by atoms with Crippen LogP contribution in [0.2, 0.25) is 0 Å². The Hall–Kier alpha value is -1.64. The van der Waals surface area contributed by atoms with Crippen LogP contribution < -0.4 is 0 Å². The van der Waals surface area contributed by atoms with Crippen LogP contribution in [0.5, 0.6) is 0 Å². The Morgan fingerprint density at radius 2 is 2.21 bits per heavy atom. The van der Waals surface area contributed by atoms with Crippen LogP contribution in [0.1, 0.15) is 24.6 Å². The van der Waals surface area contributed by atoms with E-state index < -0.39 is 0 Å². The number of hydrogen-bond donors (Lipinski definition) is 0. The lowest BCUT2D eigenvalue weighted by Gasteiger charge is -2.00. The molecule has 0 saturated carbocycles. The van der Waals surface area contributed by atoms with Crippen LogP contribution in [-0.4, -0.2) is 15.5 Å². The highest BCUT2D eigenvalue weighted by Crippen LogP contribution is 2.12. The first kappa shape index (κ1) is 8.94. The molecule has 3 nitrogen and oxygen atoms in total. The zero-order chi connectivity index (χ0) is 9.97. The third-order valence-corrected chi connectivity index (χ3v) is 2.19. The van der Waals surface area contributed by atoms with Crippen LogP contribution >= 0.6 is 0 Å². The summed E-state index contributed by atoms with van der Waals surface area (Å²) < 4.78 is 1.62. The normalized spacial score (nSPS) is 10.6. The highest BCUT2D eigenvalue weighted by atomic mass is 16.2. The minimum atomic E-state index is 0.112. The van der Waals surface area contributed by atoms with Crippen molar-refractivity contribution in [2.45, 2.75) is 19.8 Å². The number of benzene rings is 1. The van der Waals surface area contributed by atoms with E-state index in [1.54, 1.807) is 10.9 Å². The average molecular weight is 188 g/mol. The van der Waals surface area contributed by atoms with Gasteiger partial charge in [0.15, 0.2) is 0 Å². The molecule has 0 atom stereocenters. The molecule has 0 N–H and O–H groups in total. The summed E-state index contributed by atoms with van der Waals surface area (Å²) in [5, 5.41) is 0. The highest BCUT2D eigenvalue weighted by Gasteiger charge is 2.07. The molecule has 0 unspecified atom stereocenters. The van der Waals surface area contributed by atoms with Gasteiger partial charge < -0.3 is 0 Å². The molecule has 0 radical (unpaired) electrons. The monoisotopic (exact) mass is 188 g/mol. The minimum absolute atomic E-state index is 0.112. The zero-order valence-corrected chi connectivity index (χ0v) is 8.10. The van der Waals surface area contributed by atoms with Crippen molar-refractivity contribution in [2.24, 2.45) is 0 Å². The first-order valence-corrected chi connectivity index (χ1v) is 4.78. The number of imidazole rings is 1. The molecule has 0 aliphatic heterocycles. The van der Waals surface area contributed by atoms with Crippen LogP contribution in [0.4, 0.5) is 0 Å². The van der Waals surface area contributed by atoms with Gasteiger partial charge in [-0.25, -0.2) is 4.98 Å². The molecule has 0 aliphatic carbocycles. The second-order valence-electron chi connectivity index (χ2n) is 3.25. The fraction of sp³-hybridized carbons (Fsp3) is 0.273. The summed E-state index contributed by atoms with van der Waals surface area (Å²) in [6.07, 6.45) is 3.04. The Balaban J connectivity index is 2.47. The van der Waals surface area contributed by atoms with Crippen molar-refractivity contribution in [1.29, 1.82) is 0 Å². The number of fused-ring (bicyclic) bond motifs is 1. The molecule has 2 rings (SSSR count). The van der Waals surface area contributed by atoms with Gasteiger partial charge in [0.25, 0.3) is 0 Å². The summed E-state index contributed by atoms with van der Waals surface area (Å²) in [6.45, 7) is 2.00. The summed E-state index contributed by atoms with van der Waals surface area (Å²) in [6, 6.07) is 7.66. The predicted octanol–water partition coefficient (Wildman–Crippen LogP) is 2.48. The molecule has 0 spiro atoms. The molecule has 0 bridgehead atoms. The van der Waals surface area contributed by atoms with Crippen LogP contribution in [0, 0.1) is 0 Å². The number of nitrogens with zero attached hydrogens (tertiary/aromatic N) is 2. The summed E-state index contributed by atoms with van der Waals surface area (Å²) >= 11 is 0. The molecule has 1 aromatic carbocycles. The van der Waals surface area contributed by atoms with Gasteiger partial charge in [0.1, 0.15) is 6.33 Å². The largest absolute Gasteiger partial charge is 0.274 e. The van der Waals surface area contributed by atoms with Crippen molar-refractivity contribution < 1.29 is 4.79 Å². The molecular formula is C11H12N2O. The van der Waals surface area contributed by atoms with E-state index in [0.29, 0.717) is 6.42 Å². The van der Waals surface area contributed by atoms with E-state index >= 15 is 0 Å². The van der Waals surface area contributed by atoms with E-state index in [1.165, 1.54) is 0 Å². The van der Waals surface area contributed by atoms with Gasteiger partial charge in [-0.15, -0.1) is 0 Å². The molecule has 0 saturated heterocycles. The van der Waals surface area contributed by atoms with Crippen molar-refractivity contribution in [3.05, 3.63) is 30.6 Å². The van der Waals surface area contributed by atoms with Crippen LogP contribution in [0.25, 0.3) is 11.0 Å². The molecule has 1 aromatic heterocycles. The van der Waals surface area contributed by atoms with Crippen LogP contribution in [0.3, 0.4) is 0 Å². The van der Waals surface area contributed by atoms with Crippen molar-refractivity contribution in [3.8, 4) is 0 Å². The summed E-state index contributed by atoms with van der Waals surface area (Å²) in [4.78, 5) is 15.8. The fourth-order valence-electron chi connectivity index (χ4n) is 1.49. The number of rotatable bonds is 2. The van der Waals surface area contributed by atoms with Crippen LogP contribution in [0.15, 0.2) is 30.6 Å². The molecule has 14 heavy (non-hydrogen) atoms. The van der Waals surface area contributed by atoms with Gasteiger partial charge in [0.2, 0.25) is 5.91 Å². The van der Waals surface area contributed by atoms with Gasteiger partial charge in [-0.3, -0.25) is 9.36 Å². The summed E-state index contributed by atoms with van der Waals surface area (Å²) in [7, 11) is 0. The van der Waals surface area contributed by atoms with Gasteiger partial charge in [-0.2, -0.15) is 0 Å². The Kier molecular flexibility index (Phi) is 2.31. The molecule has 0 amide bonds. The zero-order valence-electron chi connectivity index (χ0n) is 8.10. The average Bonchev–Trinajstić information content (AvgIpc) is 2.61. The van der Waals surface area contributed by atoms with E-state index in [-0.39, 0.29) is 5.91 Å². The van der Waals surface area contributed by atoms with E-state index in [9.17, 15) is 4.79 Å². The Labute approximate surface area is 82.4 Å². The number of para-hydroxylation sites is 2. The van der Waals surface area contributed by atoms with E-state index in [0.717, 1.165) is 17.5 Å². The lowest BCUT2D eigenvalue weighted by Crippen LogP contribution is -2.07. The lowest BCUT2D eigenvalue weighted by molar-refractivity contribution is 0.0906. The Morgan fingerprint density at radius 1 is 1.43 bits per heavy atom. The van der Waals surface area contributed by atoms with Crippen molar-refractivity contribution >= 4 is 16.9 Å². The smallest absolute Gasteiger partial charge is 0.232 e. The SMILES string of the molecule is CCCC(=O)n1cnc2ccccc21. The second kappa shape index (κ2) is 3.62. The van der Waals surface area contributed by atoms with E-state index in [2.05, 4.69) is 4.98 Å². The minimum Gasteiger partial charge on any atom is -0.274 e. The Morgan fingerprint density at radius 3 is 3.00 bits per heavy atom. The highest BCUT2D eigenvalue weighted by molar-refractivity contribution is 5.89. The predicted molar refractivity (Wildman–Crippen MR) is 55.3 cm³/mol. The van der Waals surface area contributed by atoms with Crippen molar-refractivity contribution in [1.82, 2.24) is 9.55 Å². The molecule has 72 valence electrons. The first-order chi connectivity index (χ1) is 6.83.